The van der Waals surface area contributed by atoms with Gasteiger partial charge in [0.05, 0.1) is 6.61 Å². The SMILES string of the molecule is CCCCC(F)(CO)CCC. The van der Waals surface area contributed by atoms with E-state index in [1.54, 1.807) is 0 Å². The molecule has 1 nitrogen and oxygen atoms in total. The van der Waals surface area contributed by atoms with Crippen LogP contribution in [0.2, 0.25) is 0 Å². The minimum Gasteiger partial charge on any atom is -0.393 e. The van der Waals surface area contributed by atoms with Crippen molar-refractivity contribution in [2.45, 2.75) is 51.6 Å². The van der Waals surface area contributed by atoms with Crippen molar-refractivity contribution >= 4 is 0 Å². The molecule has 0 bridgehead atoms. The number of hydrogen-bond acceptors (Lipinski definition) is 1. The normalized spacial score (nSPS) is 16.4. The van der Waals surface area contributed by atoms with Crippen LogP contribution < -0.4 is 0 Å². The number of aliphatic hydroxyl groups is 1. The van der Waals surface area contributed by atoms with Crippen molar-refractivity contribution in [2.24, 2.45) is 0 Å². The number of hydrogen-bond donors (Lipinski definition) is 1. The molecule has 68 valence electrons. The molecule has 0 fully saturated rings. The molecule has 0 rings (SSSR count). The van der Waals surface area contributed by atoms with Crippen LogP contribution in [0, 0.1) is 0 Å². The van der Waals surface area contributed by atoms with E-state index in [9.17, 15) is 4.39 Å². The average Bonchev–Trinajstić information content (AvgIpc) is 2.02. The second-order valence-electron chi connectivity index (χ2n) is 3.16. The van der Waals surface area contributed by atoms with Crippen LogP contribution in [0.15, 0.2) is 0 Å². The molecule has 0 saturated heterocycles. The van der Waals surface area contributed by atoms with E-state index in [1.807, 2.05) is 13.8 Å². The summed E-state index contributed by atoms with van der Waals surface area (Å²) >= 11 is 0. The highest BCUT2D eigenvalue weighted by atomic mass is 19.1. The third-order valence-electron chi connectivity index (χ3n) is 1.96. The minimum atomic E-state index is -1.30. The molecule has 0 amide bonds. The first-order chi connectivity index (χ1) is 5.18. The molecule has 2 heteroatoms. The van der Waals surface area contributed by atoms with Gasteiger partial charge in [-0.1, -0.05) is 33.1 Å². The maximum absolute atomic E-state index is 13.5. The fourth-order valence-electron chi connectivity index (χ4n) is 1.22. The monoisotopic (exact) mass is 162 g/mol. The highest BCUT2D eigenvalue weighted by Gasteiger charge is 2.26. The first-order valence-electron chi connectivity index (χ1n) is 4.48. The zero-order valence-corrected chi connectivity index (χ0v) is 7.57. The summed E-state index contributed by atoms with van der Waals surface area (Å²) in [6, 6.07) is 0. The fraction of sp³-hybridized carbons (Fsp3) is 1.00. The number of alkyl halides is 1. The van der Waals surface area contributed by atoms with Crippen molar-refractivity contribution in [3.63, 3.8) is 0 Å². The van der Waals surface area contributed by atoms with E-state index in [4.69, 9.17) is 5.11 Å². The Morgan fingerprint density at radius 3 is 2.18 bits per heavy atom. The van der Waals surface area contributed by atoms with Crippen molar-refractivity contribution in [2.75, 3.05) is 6.61 Å². The summed E-state index contributed by atoms with van der Waals surface area (Å²) < 4.78 is 13.5. The Hall–Kier alpha value is -0.110. The van der Waals surface area contributed by atoms with Crippen molar-refractivity contribution in [1.82, 2.24) is 0 Å². The van der Waals surface area contributed by atoms with Crippen LogP contribution in [0.4, 0.5) is 4.39 Å². The number of halogens is 1. The van der Waals surface area contributed by atoms with Crippen LogP contribution in [-0.4, -0.2) is 17.4 Å². The third kappa shape index (κ3) is 4.35. The number of aliphatic hydroxyl groups excluding tert-OH is 1. The predicted octanol–water partition coefficient (Wildman–Crippen LogP) is 2.68. The smallest absolute Gasteiger partial charge is 0.133 e. The molecule has 0 radical (unpaired) electrons. The van der Waals surface area contributed by atoms with Crippen molar-refractivity contribution in [1.29, 1.82) is 0 Å². The van der Waals surface area contributed by atoms with E-state index in [-0.39, 0.29) is 6.61 Å². The maximum Gasteiger partial charge on any atom is 0.133 e. The fourth-order valence-corrected chi connectivity index (χ4v) is 1.22. The summed E-state index contributed by atoms with van der Waals surface area (Å²) in [5.74, 6) is 0. The van der Waals surface area contributed by atoms with E-state index >= 15 is 0 Å². The van der Waals surface area contributed by atoms with Crippen LogP contribution in [-0.2, 0) is 0 Å². The lowest BCUT2D eigenvalue weighted by Crippen LogP contribution is -2.27. The largest absolute Gasteiger partial charge is 0.393 e. The molecular formula is C9H19FO. The molecule has 1 unspecified atom stereocenters. The van der Waals surface area contributed by atoms with Gasteiger partial charge in [-0.25, -0.2) is 4.39 Å². The summed E-state index contributed by atoms with van der Waals surface area (Å²) in [7, 11) is 0. The van der Waals surface area contributed by atoms with E-state index in [2.05, 4.69) is 0 Å². The van der Waals surface area contributed by atoms with Gasteiger partial charge >= 0.3 is 0 Å². The van der Waals surface area contributed by atoms with Crippen LogP contribution in [0.3, 0.4) is 0 Å². The van der Waals surface area contributed by atoms with Gasteiger partial charge in [0, 0.05) is 0 Å². The zero-order chi connectivity index (χ0) is 8.74. The average molecular weight is 162 g/mol. The lowest BCUT2D eigenvalue weighted by atomic mass is 9.95. The lowest BCUT2D eigenvalue weighted by molar-refractivity contribution is 0.0518. The molecule has 0 aliphatic rings. The summed E-state index contributed by atoms with van der Waals surface area (Å²) in [6.07, 6.45) is 3.67. The molecule has 0 heterocycles. The number of rotatable bonds is 6. The van der Waals surface area contributed by atoms with Crippen LogP contribution in [0.25, 0.3) is 0 Å². The van der Waals surface area contributed by atoms with Crippen molar-refractivity contribution in [3.05, 3.63) is 0 Å². The van der Waals surface area contributed by atoms with Gasteiger partial charge in [0.25, 0.3) is 0 Å². The molecular weight excluding hydrogens is 143 g/mol. The molecule has 0 aromatic heterocycles. The van der Waals surface area contributed by atoms with Gasteiger partial charge in [-0.3, -0.25) is 0 Å². The minimum absolute atomic E-state index is 0.319. The van der Waals surface area contributed by atoms with Crippen molar-refractivity contribution < 1.29 is 9.50 Å². The quantitative estimate of drug-likeness (QED) is 0.636. The van der Waals surface area contributed by atoms with E-state index in [0.717, 1.165) is 19.3 Å². The standard InChI is InChI=1S/C9H19FO/c1-3-5-7-9(10,8-11)6-4-2/h11H,3-8H2,1-2H3. The van der Waals surface area contributed by atoms with Gasteiger partial charge in [0.1, 0.15) is 5.67 Å². The molecule has 0 spiro atoms. The third-order valence-corrected chi connectivity index (χ3v) is 1.96. The molecule has 1 atom stereocenters. The summed E-state index contributed by atoms with van der Waals surface area (Å²) in [4.78, 5) is 0. The summed E-state index contributed by atoms with van der Waals surface area (Å²) in [5.41, 5.74) is -1.30. The molecule has 0 saturated carbocycles. The van der Waals surface area contributed by atoms with Gasteiger partial charge in [0.15, 0.2) is 0 Å². The van der Waals surface area contributed by atoms with E-state index < -0.39 is 5.67 Å². The highest BCUT2D eigenvalue weighted by Crippen LogP contribution is 2.24. The predicted molar refractivity (Wildman–Crippen MR) is 45.4 cm³/mol. The topological polar surface area (TPSA) is 20.2 Å². The Balaban J connectivity index is 3.68. The Morgan fingerprint density at radius 1 is 1.18 bits per heavy atom. The summed E-state index contributed by atoms with van der Waals surface area (Å²) in [6.45, 7) is 3.65. The van der Waals surface area contributed by atoms with Gasteiger partial charge in [-0.05, 0) is 12.8 Å². The van der Waals surface area contributed by atoms with E-state index in [1.165, 1.54) is 0 Å². The van der Waals surface area contributed by atoms with Crippen LogP contribution in [0.5, 0.6) is 0 Å². The Morgan fingerprint density at radius 2 is 1.82 bits per heavy atom. The van der Waals surface area contributed by atoms with Crippen molar-refractivity contribution in [3.8, 4) is 0 Å². The Kier molecular flexibility index (Phi) is 5.47. The molecule has 0 aromatic carbocycles. The number of unbranched alkanes of at least 4 members (excludes halogenated alkanes) is 1. The highest BCUT2D eigenvalue weighted by molar-refractivity contribution is 4.76. The molecule has 0 aromatic rings. The van der Waals surface area contributed by atoms with Crippen LogP contribution in [0.1, 0.15) is 46.0 Å². The molecule has 0 aliphatic carbocycles. The van der Waals surface area contributed by atoms with E-state index in [0.29, 0.717) is 12.8 Å². The van der Waals surface area contributed by atoms with Gasteiger partial charge in [-0.2, -0.15) is 0 Å². The second kappa shape index (κ2) is 5.53. The zero-order valence-electron chi connectivity index (χ0n) is 7.57. The molecule has 0 aliphatic heterocycles. The molecule has 1 N–H and O–H groups in total. The Bertz CT molecular complexity index is 95.6. The van der Waals surface area contributed by atoms with Gasteiger partial charge < -0.3 is 5.11 Å². The first kappa shape index (κ1) is 10.9. The lowest BCUT2D eigenvalue weighted by Gasteiger charge is -2.21. The maximum atomic E-state index is 13.5. The molecule has 11 heavy (non-hydrogen) atoms. The summed E-state index contributed by atoms with van der Waals surface area (Å²) in [5, 5.41) is 8.77. The van der Waals surface area contributed by atoms with Gasteiger partial charge in [0.2, 0.25) is 0 Å². The Labute approximate surface area is 68.6 Å². The van der Waals surface area contributed by atoms with Gasteiger partial charge in [-0.15, -0.1) is 0 Å². The van der Waals surface area contributed by atoms with Crippen LogP contribution >= 0.6 is 0 Å². The second-order valence-corrected chi connectivity index (χ2v) is 3.16. The first-order valence-corrected chi connectivity index (χ1v) is 4.48.